The summed E-state index contributed by atoms with van der Waals surface area (Å²) in [4.78, 5) is 17.1. The van der Waals surface area contributed by atoms with Crippen molar-refractivity contribution in [1.29, 1.82) is 0 Å². The lowest BCUT2D eigenvalue weighted by atomic mass is 10.2. The van der Waals surface area contributed by atoms with Crippen LogP contribution in [0.3, 0.4) is 0 Å². The molecule has 1 saturated heterocycles. The number of rotatable bonds is 3. The highest BCUT2D eigenvalue weighted by Gasteiger charge is 2.30. The van der Waals surface area contributed by atoms with Crippen LogP contribution in [0.5, 0.6) is 0 Å². The molecule has 8 heteroatoms. The van der Waals surface area contributed by atoms with E-state index in [0.29, 0.717) is 5.69 Å². The second kappa shape index (κ2) is 5.66. The van der Waals surface area contributed by atoms with Crippen LogP contribution in [0.4, 0.5) is 18.0 Å². The lowest BCUT2D eigenvalue weighted by Gasteiger charge is -2.34. The number of likely N-dealkylation sites (tertiary alicyclic amines) is 1. The van der Waals surface area contributed by atoms with Crippen LogP contribution in [-0.4, -0.2) is 41.1 Å². The minimum absolute atomic E-state index is 0.150. The number of hydrazine groups is 1. The third kappa shape index (κ3) is 3.38. The second-order valence-corrected chi connectivity index (χ2v) is 4.55. The van der Waals surface area contributed by atoms with E-state index in [4.69, 9.17) is 0 Å². The van der Waals surface area contributed by atoms with Gasteiger partial charge in [-0.15, -0.1) is 0 Å². The zero-order valence-electron chi connectivity index (χ0n) is 10.9. The zero-order chi connectivity index (χ0) is 14.8. The van der Waals surface area contributed by atoms with Gasteiger partial charge < -0.3 is 4.90 Å². The highest BCUT2D eigenvalue weighted by molar-refractivity contribution is 5.74. The Morgan fingerprint density at radius 2 is 2.15 bits per heavy atom. The number of carbonyl (C=O) groups excluding carboxylic acids is 1. The predicted molar refractivity (Wildman–Crippen MR) is 65.4 cm³/mol. The summed E-state index contributed by atoms with van der Waals surface area (Å²) in [5, 5.41) is 1.32. The van der Waals surface area contributed by atoms with E-state index in [2.05, 4.69) is 10.4 Å². The van der Waals surface area contributed by atoms with E-state index in [1.54, 1.807) is 11.9 Å². The molecule has 0 spiro atoms. The van der Waals surface area contributed by atoms with E-state index < -0.39 is 11.7 Å². The molecule has 1 aromatic rings. The Morgan fingerprint density at radius 1 is 1.45 bits per heavy atom. The molecule has 2 amide bonds. The molecule has 2 rings (SSSR count). The van der Waals surface area contributed by atoms with E-state index in [-0.39, 0.29) is 12.6 Å². The first-order valence-corrected chi connectivity index (χ1v) is 6.16. The number of halogens is 3. The number of alkyl halides is 3. The Labute approximate surface area is 114 Å². The summed E-state index contributed by atoms with van der Waals surface area (Å²) >= 11 is 0. The first-order chi connectivity index (χ1) is 9.38. The molecule has 0 aromatic carbocycles. The van der Waals surface area contributed by atoms with Crippen molar-refractivity contribution in [2.24, 2.45) is 0 Å². The monoisotopic (exact) mass is 288 g/mol. The third-order valence-electron chi connectivity index (χ3n) is 3.06. The molecule has 5 nitrogen and oxygen atoms in total. The molecule has 0 bridgehead atoms. The average Bonchev–Trinajstić information content (AvgIpc) is 2.33. The number of carbonyl (C=O) groups is 1. The van der Waals surface area contributed by atoms with E-state index in [9.17, 15) is 18.0 Å². The van der Waals surface area contributed by atoms with E-state index in [1.165, 1.54) is 11.1 Å². The minimum atomic E-state index is -4.39. The van der Waals surface area contributed by atoms with Gasteiger partial charge in [0.15, 0.2) is 0 Å². The molecule has 1 aliphatic rings. The minimum Gasteiger partial charge on any atom is -0.323 e. The molecule has 0 unspecified atom stereocenters. The van der Waals surface area contributed by atoms with E-state index in [0.717, 1.165) is 31.8 Å². The van der Waals surface area contributed by atoms with Gasteiger partial charge in [0, 0.05) is 26.3 Å². The van der Waals surface area contributed by atoms with Crippen LogP contribution >= 0.6 is 0 Å². The van der Waals surface area contributed by atoms with Crippen LogP contribution < -0.4 is 5.43 Å². The zero-order valence-corrected chi connectivity index (χ0v) is 10.9. The van der Waals surface area contributed by atoms with Crippen molar-refractivity contribution >= 4 is 6.03 Å². The number of pyridine rings is 1. The molecule has 2 heterocycles. The molecule has 110 valence electrons. The van der Waals surface area contributed by atoms with Crippen LogP contribution in [0.25, 0.3) is 0 Å². The van der Waals surface area contributed by atoms with Crippen LogP contribution in [0, 0.1) is 0 Å². The summed E-state index contributed by atoms with van der Waals surface area (Å²) in [6, 6.07) is 2.11. The van der Waals surface area contributed by atoms with Crippen molar-refractivity contribution < 1.29 is 18.0 Å². The third-order valence-corrected chi connectivity index (χ3v) is 3.06. The topological polar surface area (TPSA) is 48.5 Å². The lowest BCUT2D eigenvalue weighted by molar-refractivity contribution is -0.137. The number of hydrogen-bond donors (Lipinski definition) is 1. The van der Waals surface area contributed by atoms with Gasteiger partial charge in [0.1, 0.15) is 0 Å². The molecule has 1 aliphatic heterocycles. The van der Waals surface area contributed by atoms with Gasteiger partial charge >= 0.3 is 12.2 Å². The maximum Gasteiger partial charge on any atom is 0.417 e. The number of urea groups is 1. The van der Waals surface area contributed by atoms with Gasteiger partial charge in [-0.25, -0.2) is 10.2 Å². The summed E-state index contributed by atoms with van der Waals surface area (Å²) in [7, 11) is 1.57. The van der Waals surface area contributed by atoms with Gasteiger partial charge in [0.2, 0.25) is 0 Å². The lowest BCUT2D eigenvalue weighted by Crippen LogP contribution is -2.52. The predicted octanol–water partition coefficient (Wildman–Crippen LogP) is 1.86. The molecule has 20 heavy (non-hydrogen) atoms. The largest absolute Gasteiger partial charge is 0.417 e. The smallest absolute Gasteiger partial charge is 0.323 e. The van der Waals surface area contributed by atoms with Crippen molar-refractivity contribution in [2.45, 2.75) is 19.1 Å². The fraction of sp³-hybridized carbons (Fsp3) is 0.500. The molecule has 0 saturated carbocycles. The number of aromatic nitrogens is 1. The molecule has 0 atom stereocenters. The van der Waals surface area contributed by atoms with Crippen molar-refractivity contribution in [3.8, 4) is 0 Å². The van der Waals surface area contributed by atoms with Gasteiger partial charge in [-0.3, -0.25) is 9.99 Å². The summed E-state index contributed by atoms with van der Waals surface area (Å²) in [6.07, 6.45) is -2.60. The summed E-state index contributed by atoms with van der Waals surface area (Å²) in [5.74, 6) is 0. The molecule has 0 radical (unpaired) electrons. The second-order valence-electron chi connectivity index (χ2n) is 4.55. The Balaban J connectivity index is 1.86. The van der Waals surface area contributed by atoms with Crippen LogP contribution in [-0.2, 0) is 12.7 Å². The molecule has 1 fully saturated rings. The van der Waals surface area contributed by atoms with Crippen molar-refractivity contribution in [2.75, 3.05) is 20.1 Å². The van der Waals surface area contributed by atoms with Crippen molar-refractivity contribution in [3.63, 3.8) is 0 Å². The maximum atomic E-state index is 12.4. The van der Waals surface area contributed by atoms with Gasteiger partial charge in [0.05, 0.1) is 17.8 Å². The quantitative estimate of drug-likeness (QED) is 0.864. The van der Waals surface area contributed by atoms with Crippen molar-refractivity contribution in [1.82, 2.24) is 20.3 Å². The first-order valence-electron chi connectivity index (χ1n) is 6.16. The number of hydrogen-bond acceptors (Lipinski definition) is 3. The maximum absolute atomic E-state index is 12.4. The fourth-order valence-electron chi connectivity index (χ4n) is 1.68. The first kappa shape index (κ1) is 14.6. The highest BCUT2D eigenvalue weighted by atomic mass is 19.4. The number of nitrogens with one attached hydrogen (secondary N) is 1. The summed E-state index contributed by atoms with van der Waals surface area (Å²) in [6.45, 7) is 1.67. The number of amides is 2. The summed E-state index contributed by atoms with van der Waals surface area (Å²) in [5.41, 5.74) is 2.45. The Bertz CT molecular complexity index is 471. The average molecular weight is 288 g/mol. The molecule has 0 aliphatic carbocycles. The van der Waals surface area contributed by atoms with Crippen LogP contribution in [0.15, 0.2) is 18.3 Å². The van der Waals surface area contributed by atoms with Gasteiger partial charge in [0.25, 0.3) is 0 Å². The van der Waals surface area contributed by atoms with Gasteiger partial charge in [-0.1, -0.05) is 0 Å². The van der Waals surface area contributed by atoms with Gasteiger partial charge in [-0.05, 0) is 18.6 Å². The molecular formula is C12H15F3N4O. The van der Waals surface area contributed by atoms with Gasteiger partial charge in [-0.2, -0.15) is 13.2 Å². The van der Waals surface area contributed by atoms with Crippen LogP contribution in [0.1, 0.15) is 17.7 Å². The standard InChI is InChI=1S/C12H15F3N4O/c1-18(11(20)19-5-2-6-19)17-8-10-4-3-9(7-16-10)12(13,14)15/h3-4,7,17H,2,5-6,8H2,1H3. The normalized spacial score (nSPS) is 14.9. The SMILES string of the molecule is CN(NCc1ccc(C(F)(F)F)cn1)C(=O)N1CCC1. The van der Waals surface area contributed by atoms with E-state index >= 15 is 0 Å². The Morgan fingerprint density at radius 3 is 2.60 bits per heavy atom. The van der Waals surface area contributed by atoms with Crippen LogP contribution in [0.2, 0.25) is 0 Å². The Kier molecular flexibility index (Phi) is 4.12. The summed E-state index contributed by atoms with van der Waals surface area (Å²) < 4.78 is 37.1. The Hall–Kier alpha value is -1.83. The molecule has 1 N–H and O–H groups in total. The molecular weight excluding hydrogens is 273 g/mol. The highest BCUT2D eigenvalue weighted by Crippen LogP contribution is 2.28. The van der Waals surface area contributed by atoms with Crippen molar-refractivity contribution in [3.05, 3.63) is 29.6 Å². The number of nitrogens with zero attached hydrogens (tertiary/aromatic N) is 3. The molecule has 1 aromatic heterocycles. The fourth-order valence-corrected chi connectivity index (χ4v) is 1.68. The van der Waals surface area contributed by atoms with E-state index in [1.807, 2.05) is 0 Å².